The van der Waals surface area contributed by atoms with E-state index in [4.69, 9.17) is 21.1 Å². The van der Waals surface area contributed by atoms with Gasteiger partial charge in [-0.1, -0.05) is 40.2 Å². The second-order valence-corrected chi connectivity index (χ2v) is 12.4. The topological polar surface area (TPSA) is 107 Å². The number of carbonyl (C=O) groups excluding carboxylic acids is 4. The number of esters is 2. The Morgan fingerprint density at radius 3 is 2.42 bits per heavy atom. The summed E-state index contributed by atoms with van der Waals surface area (Å²) in [5.41, 5.74) is -1.96. The summed E-state index contributed by atoms with van der Waals surface area (Å²) in [5.74, 6) is -1.92. The third-order valence-electron chi connectivity index (χ3n) is 10.2. The molecule has 8 heteroatoms. The van der Waals surface area contributed by atoms with Gasteiger partial charge in [-0.25, -0.2) is 0 Å². The highest BCUT2D eigenvalue weighted by atomic mass is 35.5. The standard InChI is InChI=1S/C28H39ClO7/c1-6-23(33)35-15-22(32)28(36-24(34)7-2)16(3)12-20-19-9-8-17-13-18(30)10-11-25(17,4)27(19,29)21(31)14-26(20,28)5/h13,16,19-21,31H,6-12,14-15H2,1-5H3/t16-,19+,20+,21-,25+,26+,27+,28+/m1/s1. The summed E-state index contributed by atoms with van der Waals surface area (Å²) in [5, 5.41) is 11.8. The Hall–Kier alpha value is -1.73. The molecule has 0 aromatic rings. The summed E-state index contributed by atoms with van der Waals surface area (Å²) < 4.78 is 11.3. The molecule has 3 fully saturated rings. The Morgan fingerprint density at radius 2 is 1.78 bits per heavy atom. The maximum atomic E-state index is 13.9. The third-order valence-corrected chi connectivity index (χ3v) is 11.2. The molecule has 0 aromatic heterocycles. The van der Waals surface area contributed by atoms with Gasteiger partial charge in [0.25, 0.3) is 0 Å². The van der Waals surface area contributed by atoms with E-state index >= 15 is 0 Å². The molecule has 1 N–H and O–H groups in total. The van der Waals surface area contributed by atoms with E-state index in [1.165, 1.54) is 0 Å². The molecule has 0 unspecified atom stereocenters. The largest absolute Gasteiger partial charge is 0.457 e. The van der Waals surface area contributed by atoms with Crippen LogP contribution in [0, 0.1) is 28.6 Å². The molecule has 8 atom stereocenters. The number of aliphatic hydroxyl groups is 1. The van der Waals surface area contributed by atoms with E-state index in [1.54, 1.807) is 19.9 Å². The molecule has 0 heterocycles. The first kappa shape index (κ1) is 27.3. The molecular weight excluding hydrogens is 484 g/mol. The van der Waals surface area contributed by atoms with Crippen molar-refractivity contribution in [1.82, 2.24) is 0 Å². The van der Waals surface area contributed by atoms with E-state index in [-0.39, 0.29) is 42.8 Å². The van der Waals surface area contributed by atoms with Gasteiger partial charge >= 0.3 is 11.9 Å². The summed E-state index contributed by atoms with van der Waals surface area (Å²) in [6.45, 7) is 8.75. The maximum Gasteiger partial charge on any atom is 0.306 e. The van der Waals surface area contributed by atoms with Crippen molar-refractivity contribution in [3.8, 4) is 0 Å². The lowest BCUT2D eigenvalue weighted by Gasteiger charge is -2.65. The van der Waals surface area contributed by atoms with Crippen LogP contribution >= 0.6 is 11.6 Å². The van der Waals surface area contributed by atoms with Crippen LogP contribution in [0.2, 0.25) is 0 Å². The minimum absolute atomic E-state index is 0.0973. The minimum Gasteiger partial charge on any atom is -0.457 e. The van der Waals surface area contributed by atoms with Crippen molar-refractivity contribution in [2.75, 3.05) is 6.61 Å². The number of aliphatic hydroxyl groups excluding tert-OH is 1. The number of fused-ring (bicyclic) bond motifs is 5. The molecule has 0 aromatic carbocycles. The van der Waals surface area contributed by atoms with Gasteiger partial charge in [-0.3, -0.25) is 19.2 Å². The molecule has 4 rings (SSSR count). The molecule has 200 valence electrons. The molecule has 0 bridgehead atoms. The van der Waals surface area contributed by atoms with Crippen LogP contribution in [-0.2, 0) is 28.7 Å². The van der Waals surface area contributed by atoms with E-state index in [0.29, 0.717) is 32.1 Å². The molecule has 4 aliphatic rings. The first-order valence-corrected chi connectivity index (χ1v) is 13.7. The molecule has 7 nitrogen and oxygen atoms in total. The van der Waals surface area contributed by atoms with E-state index in [0.717, 1.165) is 5.57 Å². The van der Waals surface area contributed by atoms with Crippen LogP contribution in [0.15, 0.2) is 11.6 Å². The Kier molecular flexibility index (Phi) is 7.00. The smallest absolute Gasteiger partial charge is 0.306 e. The van der Waals surface area contributed by atoms with Crippen molar-refractivity contribution < 1.29 is 33.8 Å². The van der Waals surface area contributed by atoms with E-state index < -0.39 is 51.7 Å². The van der Waals surface area contributed by atoms with E-state index in [2.05, 4.69) is 6.92 Å². The van der Waals surface area contributed by atoms with Crippen LogP contribution in [0.1, 0.15) is 86.0 Å². The molecule has 4 aliphatic carbocycles. The van der Waals surface area contributed by atoms with Gasteiger partial charge in [0.1, 0.15) is 0 Å². The zero-order chi connectivity index (χ0) is 26.7. The van der Waals surface area contributed by atoms with Crippen molar-refractivity contribution in [3.05, 3.63) is 11.6 Å². The monoisotopic (exact) mass is 522 g/mol. The Labute approximate surface area is 218 Å². The lowest BCUT2D eigenvalue weighted by molar-refractivity contribution is -0.204. The van der Waals surface area contributed by atoms with Crippen LogP contribution in [0.4, 0.5) is 0 Å². The number of halogens is 1. The van der Waals surface area contributed by atoms with Gasteiger partial charge in [0.2, 0.25) is 5.78 Å². The number of carbonyl (C=O) groups is 4. The van der Waals surface area contributed by atoms with Crippen molar-refractivity contribution >= 4 is 35.1 Å². The van der Waals surface area contributed by atoms with Crippen LogP contribution in [0.5, 0.6) is 0 Å². The van der Waals surface area contributed by atoms with Crippen molar-refractivity contribution in [2.24, 2.45) is 28.6 Å². The minimum atomic E-state index is -1.53. The zero-order valence-electron chi connectivity index (χ0n) is 22.0. The van der Waals surface area contributed by atoms with Gasteiger partial charge in [0.05, 0.1) is 11.0 Å². The molecule has 36 heavy (non-hydrogen) atoms. The fraction of sp³-hybridized carbons (Fsp3) is 0.786. The molecular formula is C28H39ClO7. The maximum absolute atomic E-state index is 13.9. The van der Waals surface area contributed by atoms with Gasteiger partial charge < -0.3 is 14.6 Å². The number of hydrogen-bond donors (Lipinski definition) is 1. The number of hydrogen-bond acceptors (Lipinski definition) is 7. The van der Waals surface area contributed by atoms with Gasteiger partial charge in [-0.2, -0.15) is 0 Å². The normalized spacial score (nSPS) is 43.5. The number of ketones is 2. The Bertz CT molecular complexity index is 1010. The molecule has 0 aliphatic heterocycles. The van der Waals surface area contributed by atoms with Crippen LogP contribution in [0.3, 0.4) is 0 Å². The van der Waals surface area contributed by atoms with Gasteiger partial charge in [-0.15, -0.1) is 11.6 Å². The fourth-order valence-corrected chi connectivity index (χ4v) is 8.92. The first-order chi connectivity index (χ1) is 16.8. The highest BCUT2D eigenvalue weighted by Crippen LogP contribution is 2.72. The predicted molar refractivity (Wildman–Crippen MR) is 133 cm³/mol. The lowest BCUT2D eigenvalue weighted by Crippen LogP contribution is -2.70. The second kappa shape index (κ2) is 9.23. The summed E-state index contributed by atoms with van der Waals surface area (Å²) in [6.07, 6.45) is 4.10. The SMILES string of the molecule is CCC(=O)OCC(=O)[C@@]1(OC(=O)CC)[C@H](C)C[C@H]2[C@@H]3CCC4=CC(=O)CC[C@]4(C)[C@@]3(Cl)[C@H](O)C[C@@]21C. The summed E-state index contributed by atoms with van der Waals surface area (Å²) in [4.78, 5) is 49.7. The predicted octanol–water partition coefficient (Wildman–Crippen LogP) is 4.31. The number of ether oxygens (including phenoxy) is 2. The van der Waals surface area contributed by atoms with Crippen molar-refractivity contribution in [3.63, 3.8) is 0 Å². The number of rotatable bonds is 6. The van der Waals surface area contributed by atoms with E-state index in [1.807, 2.05) is 13.8 Å². The summed E-state index contributed by atoms with van der Waals surface area (Å²) in [6, 6.07) is 0. The average molecular weight is 523 g/mol. The highest BCUT2D eigenvalue weighted by molar-refractivity contribution is 6.26. The fourth-order valence-electron chi connectivity index (χ4n) is 8.37. The van der Waals surface area contributed by atoms with Gasteiger partial charge in [-0.05, 0) is 50.0 Å². The van der Waals surface area contributed by atoms with Crippen LogP contribution in [0.25, 0.3) is 0 Å². The molecule has 0 radical (unpaired) electrons. The number of allylic oxidation sites excluding steroid dienone is 1. The van der Waals surface area contributed by atoms with Crippen LogP contribution < -0.4 is 0 Å². The number of alkyl halides is 1. The van der Waals surface area contributed by atoms with Gasteiger partial charge in [0.15, 0.2) is 18.0 Å². The van der Waals surface area contributed by atoms with Crippen molar-refractivity contribution in [1.29, 1.82) is 0 Å². The van der Waals surface area contributed by atoms with Crippen molar-refractivity contribution in [2.45, 2.75) is 103 Å². The second-order valence-electron chi connectivity index (χ2n) is 11.8. The average Bonchev–Trinajstić information content (AvgIpc) is 3.05. The summed E-state index contributed by atoms with van der Waals surface area (Å²) in [7, 11) is 0. The quantitative estimate of drug-likeness (QED) is 0.409. The van der Waals surface area contributed by atoms with Crippen LogP contribution in [-0.4, -0.2) is 51.8 Å². The number of Topliss-reactive ketones (excluding diaryl/α,β-unsaturated/α-hetero) is 1. The zero-order valence-corrected chi connectivity index (χ0v) is 22.8. The Balaban J connectivity index is 1.79. The first-order valence-electron chi connectivity index (χ1n) is 13.3. The molecule has 0 spiro atoms. The lowest BCUT2D eigenvalue weighted by atomic mass is 9.44. The summed E-state index contributed by atoms with van der Waals surface area (Å²) >= 11 is 7.53. The molecule has 3 saturated carbocycles. The third kappa shape index (κ3) is 3.55. The highest BCUT2D eigenvalue weighted by Gasteiger charge is 2.76. The molecule has 0 amide bonds. The van der Waals surface area contributed by atoms with Gasteiger partial charge in [0, 0.05) is 36.0 Å². The molecule has 0 saturated heterocycles. The Morgan fingerprint density at radius 1 is 1.11 bits per heavy atom. The van der Waals surface area contributed by atoms with E-state index in [9.17, 15) is 24.3 Å².